The van der Waals surface area contributed by atoms with E-state index in [1.165, 1.54) is 6.07 Å². The van der Waals surface area contributed by atoms with E-state index in [-0.39, 0.29) is 17.3 Å². The van der Waals surface area contributed by atoms with Crippen LogP contribution in [0, 0.1) is 17.0 Å². The number of benzene rings is 1. The summed E-state index contributed by atoms with van der Waals surface area (Å²) in [5.74, 6) is -1.14. The van der Waals surface area contributed by atoms with Gasteiger partial charge in [-0.1, -0.05) is 0 Å². The van der Waals surface area contributed by atoms with Crippen LogP contribution in [0.4, 0.5) is 11.4 Å². The topological polar surface area (TPSA) is 83.7 Å². The van der Waals surface area contributed by atoms with Crippen LogP contribution in [0.2, 0.25) is 0 Å². The summed E-state index contributed by atoms with van der Waals surface area (Å²) in [4.78, 5) is 23.7. The van der Waals surface area contributed by atoms with Crippen molar-refractivity contribution >= 4 is 17.3 Å². The molecule has 1 atom stereocenters. The summed E-state index contributed by atoms with van der Waals surface area (Å²) >= 11 is 0. The summed E-state index contributed by atoms with van der Waals surface area (Å²) in [6, 6.07) is 2.94. The van der Waals surface area contributed by atoms with Crippen LogP contribution >= 0.6 is 0 Å². The third kappa shape index (κ3) is 2.38. The molecule has 2 rings (SSSR count). The summed E-state index contributed by atoms with van der Waals surface area (Å²) in [5.41, 5.74) is 1.03. The Balaban J connectivity index is 2.58. The third-order valence-electron chi connectivity index (χ3n) is 3.66. The van der Waals surface area contributed by atoms with Gasteiger partial charge in [-0.15, -0.1) is 0 Å². The average Bonchev–Trinajstić information content (AvgIpc) is 2.75. The van der Waals surface area contributed by atoms with E-state index < -0.39 is 10.9 Å². The van der Waals surface area contributed by atoms with Gasteiger partial charge in [0.1, 0.15) is 0 Å². The summed E-state index contributed by atoms with van der Waals surface area (Å²) < 4.78 is 0. The van der Waals surface area contributed by atoms with Gasteiger partial charge in [0.2, 0.25) is 0 Å². The number of nitrogens with zero attached hydrogens (tertiary/aromatic N) is 2. The van der Waals surface area contributed by atoms with Gasteiger partial charge in [0.05, 0.1) is 16.1 Å². The van der Waals surface area contributed by atoms with Crippen LogP contribution in [-0.4, -0.2) is 28.6 Å². The van der Waals surface area contributed by atoms with E-state index in [9.17, 15) is 14.9 Å². The summed E-state index contributed by atoms with van der Waals surface area (Å²) in [7, 11) is 0. The van der Waals surface area contributed by atoms with Crippen LogP contribution in [0.1, 0.15) is 35.7 Å². The second-order valence-electron chi connectivity index (χ2n) is 4.89. The monoisotopic (exact) mass is 264 g/mol. The molecule has 0 aliphatic carbocycles. The Morgan fingerprint density at radius 3 is 2.68 bits per heavy atom. The summed E-state index contributed by atoms with van der Waals surface area (Å²) in [6.07, 6.45) is 2.04. The van der Waals surface area contributed by atoms with Crippen molar-refractivity contribution < 1.29 is 14.8 Å². The molecule has 0 spiro atoms. The third-order valence-corrected chi connectivity index (χ3v) is 3.66. The van der Waals surface area contributed by atoms with Crippen LogP contribution < -0.4 is 4.90 Å². The molecule has 6 heteroatoms. The fraction of sp³-hybridized carbons (Fsp3) is 0.462. The molecule has 0 saturated carbocycles. The lowest BCUT2D eigenvalue weighted by molar-refractivity contribution is -0.385. The number of carboxylic acid groups (broad SMARTS) is 1. The molecule has 1 fully saturated rings. The lowest BCUT2D eigenvalue weighted by Crippen LogP contribution is -2.27. The van der Waals surface area contributed by atoms with E-state index in [0.29, 0.717) is 11.3 Å². The van der Waals surface area contributed by atoms with Gasteiger partial charge < -0.3 is 10.0 Å². The Hall–Kier alpha value is -2.11. The van der Waals surface area contributed by atoms with E-state index in [0.717, 1.165) is 25.5 Å². The molecule has 1 aromatic carbocycles. The van der Waals surface area contributed by atoms with Crippen molar-refractivity contribution in [3.63, 3.8) is 0 Å². The zero-order chi connectivity index (χ0) is 14.2. The highest BCUT2D eigenvalue weighted by Crippen LogP contribution is 2.34. The Labute approximate surface area is 110 Å². The lowest BCUT2D eigenvalue weighted by Gasteiger charge is -2.25. The van der Waals surface area contributed by atoms with Crippen molar-refractivity contribution in [1.29, 1.82) is 0 Å². The normalized spacial score (nSPS) is 18.6. The molecule has 1 saturated heterocycles. The fourth-order valence-corrected chi connectivity index (χ4v) is 2.59. The van der Waals surface area contributed by atoms with Gasteiger partial charge >= 0.3 is 5.97 Å². The molecule has 1 heterocycles. The van der Waals surface area contributed by atoms with E-state index in [2.05, 4.69) is 4.90 Å². The highest BCUT2D eigenvalue weighted by molar-refractivity contribution is 5.90. The second kappa shape index (κ2) is 4.87. The molecule has 19 heavy (non-hydrogen) atoms. The molecule has 6 nitrogen and oxygen atoms in total. The van der Waals surface area contributed by atoms with E-state index in [1.54, 1.807) is 6.92 Å². The molecule has 102 valence electrons. The number of nitro groups is 1. The van der Waals surface area contributed by atoms with Gasteiger partial charge in [-0.3, -0.25) is 10.1 Å². The Morgan fingerprint density at radius 1 is 1.53 bits per heavy atom. The summed E-state index contributed by atoms with van der Waals surface area (Å²) in [5, 5.41) is 20.1. The summed E-state index contributed by atoms with van der Waals surface area (Å²) in [6.45, 7) is 4.53. The number of carboxylic acids is 1. The highest BCUT2D eigenvalue weighted by Gasteiger charge is 2.27. The largest absolute Gasteiger partial charge is 0.478 e. The molecular weight excluding hydrogens is 248 g/mol. The van der Waals surface area contributed by atoms with Gasteiger partial charge in [0.15, 0.2) is 0 Å². The number of anilines is 1. The van der Waals surface area contributed by atoms with E-state index >= 15 is 0 Å². The first kappa shape index (κ1) is 13.3. The van der Waals surface area contributed by atoms with Crippen LogP contribution in [0.15, 0.2) is 12.1 Å². The number of carbonyl (C=O) groups is 1. The maximum Gasteiger partial charge on any atom is 0.336 e. The smallest absolute Gasteiger partial charge is 0.336 e. The fourth-order valence-electron chi connectivity index (χ4n) is 2.59. The number of hydrogen-bond acceptors (Lipinski definition) is 4. The standard InChI is InChI=1S/C13H16N2O4/c1-8-4-3-5-14(8)11-6-10(13(16)17)7-12(9(11)2)15(18)19/h6-8H,3-5H2,1-2H3,(H,16,17). The van der Waals surface area contributed by atoms with Crippen molar-refractivity contribution in [3.8, 4) is 0 Å². The predicted octanol–water partition coefficient (Wildman–Crippen LogP) is 2.59. The van der Waals surface area contributed by atoms with Crippen molar-refractivity contribution in [3.05, 3.63) is 33.4 Å². The molecule has 1 unspecified atom stereocenters. The molecule has 1 N–H and O–H groups in total. The maximum absolute atomic E-state index is 11.1. The highest BCUT2D eigenvalue weighted by atomic mass is 16.6. The Morgan fingerprint density at radius 2 is 2.21 bits per heavy atom. The zero-order valence-corrected chi connectivity index (χ0v) is 10.9. The SMILES string of the molecule is Cc1c(N2CCCC2C)cc(C(=O)O)cc1[N+](=O)[O-]. The number of hydrogen-bond donors (Lipinski definition) is 1. The van der Waals surface area contributed by atoms with Crippen LogP contribution in [0.25, 0.3) is 0 Å². The van der Waals surface area contributed by atoms with Crippen LogP contribution in [0.3, 0.4) is 0 Å². The molecule has 1 aromatic rings. The molecule has 0 aromatic heterocycles. The first-order valence-corrected chi connectivity index (χ1v) is 6.20. The van der Waals surface area contributed by atoms with Gasteiger partial charge in [-0.25, -0.2) is 4.79 Å². The second-order valence-corrected chi connectivity index (χ2v) is 4.89. The first-order chi connectivity index (χ1) is 8.91. The minimum atomic E-state index is -1.14. The lowest BCUT2D eigenvalue weighted by atomic mass is 10.1. The first-order valence-electron chi connectivity index (χ1n) is 6.20. The minimum Gasteiger partial charge on any atom is -0.478 e. The van der Waals surface area contributed by atoms with E-state index in [4.69, 9.17) is 5.11 Å². The quantitative estimate of drug-likeness (QED) is 0.670. The van der Waals surface area contributed by atoms with Crippen LogP contribution in [-0.2, 0) is 0 Å². The molecule has 1 aliphatic heterocycles. The number of nitro benzene ring substituents is 1. The zero-order valence-electron chi connectivity index (χ0n) is 10.9. The minimum absolute atomic E-state index is 0.0357. The van der Waals surface area contributed by atoms with Gasteiger partial charge in [-0.2, -0.15) is 0 Å². The number of aromatic carboxylic acids is 1. The predicted molar refractivity (Wildman–Crippen MR) is 70.8 cm³/mol. The maximum atomic E-state index is 11.1. The van der Waals surface area contributed by atoms with Crippen molar-refractivity contribution in [1.82, 2.24) is 0 Å². The molecule has 0 bridgehead atoms. The molecule has 0 amide bonds. The average molecular weight is 264 g/mol. The molecule has 0 radical (unpaired) electrons. The molecular formula is C13H16N2O4. The van der Waals surface area contributed by atoms with Crippen molar-refractivity contribution in [2.24, 2.45) is 0 Å². The van der Waals surface area contributed by atoms with Crippen molar-refractivity contribution in [2.45, 2.75) is 32.7 Å². The Kier molecular flexibility index (Phi) is 3.42. The van der Waals surface area contributed by atoms with E-state index in [1.807, 2.05) is 6.92 Å². The van der Waals surface area contributed by atoms with Crippen LogP contribution in [0.5, 0.6) is 0 Å². The Bertz CT molecular complexity index is 542. The van der Waals surface area contributed by atoms with Gasteiger partial charge in [-0.05, 0) is 32.8 Å². The van der Waals surface area contributed by atoms with Gasteiger partial charge in [0, 0.05) is 24.3 Å². The van der Waals surface area contributed by atoms with Crippen molar-refractivity contribution in [2.75, 3.05) is 11.4 Å². The molecule has 1 aliphatic rings. The van der Waals surface area contributed by atoms with Gasteiger partial charge in [0.25, 0.3) is 5.69 Å². The number of rotatable bonds is 3.